The second kappa shape index (κ2) is 7.90. The predicted octanol–water partition coefficient (Wildman–Crippen LogP) is 2.93. The van der Waals surface area contributed by atoms with Crippen molar-refractivity contribution < 1.29 is 9.59 Å². The Bertz CT molecular complexity index is 905. The lowest BCUT2D eigenvalue weighted by Gasteiger charge is -2.24. The number of fused-ring (bicyclic) bond motifs is 1. The van der Waals surface area contributed by atoms with Crippen molar-refractivity contribution in [2.45, 2.75) is 26.7 Å². The molecular weight excluding hydrogens is 362 g/mol. The molecule has 2 saturated heterocycles. The SMILES string of the molecule is Cc1cccc(C)c1C(=O)N1CC2CN(c3cccc(CCC(N)=O)c3)CC2C1. The molecule has 2 heterocycles. The van der Waals surface area contributed by atoms with Gasteiger partial charge in [-0.1, -0.05) is 30.3 Å². The van der Waals surface area contributed by atoms with Crippen LogP contribution in [0.5, 0.6) is 0 Å². The third kappa shape index (κ3) is 4.00. The highest BCUT2D eigenvalue weighted by Gasteiger charge is 2.42. The van der Waals surface area contributed by atoms with Gasteiger partial charge in [-0.15, -0.1) is 0 Å². The van der Waals surface area contributed by atoms with Gasteiger partial charge < -0.3 is 15.5 Å². The molecule has 2 N–H and O–H groups in total. The normalized spacial score (nSPS) is 20.8. The van der Waals surface area contributed by atoms with Crippen LogP contribution in [0.4, 0.5) is 5.69 Å². The van der Waals surface area contributed by atoms with E-state index in [2.05, 4.69) is 23.1 Å². The van der Waals surface area contributed by atoms with Crippen molar-refractivity contribution in [3.05, 3.63) is 64.7 Å². The number of rotatable bonds is 5. The van der Waals surface area contributed by atoms with Crippen LogP contribution in [0.15, 0.2) is 42.5 Å². The number of nitrogens with zero attached hydrogens (tertiary/aromatic N) is 2. The topological polar surface area (TPSA) is 66.6 Å². The molecule has 5 nitrogen and oxygen atoms in total. The minimum Gasteiger partial charge on any atom is -0.371 e. The summed E-state index contributed by atoms with van der Waals surface area (Å²) in [5, 5.41) is 0. The number of anilines is 1. The van der Waals surface area contributed by atoms with Crippen molar-refractivity contribution in [1.29, 1.82) is 0 Å². The molecule has 0 spiro atoms. The lowest BCUT2D eigenvalue weighted by molar-refractivity contribution is -0.117. The highest BCUT2D eigenvalue weighted by Crippen LogP contribution is 2.35. The zero-order valence-electron chi connectivity index (χ0n) is 17.2. The Morgan fingerprint density at radius 3 is 2.21 bits per heavy atom. The smallest absolute Gasteiger partial charge is 0.254 e. The van der Waals surface area contributed by atoms with Crippen LogP contribution >= 0.6 is 0 Å². The Balaban J connectivity index is 1.41. The number of hydrogen-bond acceptors (Lipinski definition) is 3. The predicted molar refractivity (Wildman–Crippen MR) is 115 cm³/mol. The number of aryl methyl sites for hydroxylation is 3. The van der Waals surface area contributed by atoms with E-state index in [4.69, 9.17) is 5.73 Å². The molecule has 2 aliphatic rings. The van der Waals surface area contributed by atoms with E-state index in [1.807, 2.05) is 43.0 Å². The van der Waals surface area contributed by atoms with Crippen molar-refractivity contribution in [2.24, 2.45) is 17.6 Å². The molecule has 2 aromatic carbocycles. The van der Waals surface area contributed by atoms with Crippen LogP contribution in [0.25, 0.3) is 0 Å². The Hall–Kier alpha value is -2.82. The van der Waals surface area contributed by atoms with Crippen LogP contribution < -0.4 is 10.6 Å². The second-order valence-corrected chi connectivity index (χ2v) is 8.54. The molecule has 5 heteroatoms. The highest BCUT2D eigenvalue weighted by atomic mass is 16.2. The second-order valence-electron chi connectivity index (χ2n) is 8.54. The number of benzene rings is 2. The summed E-state index contributed by atoms with van der Waals surface area (Å²) in [6.07, 6.45) is 1.06. The van der Waals surface area contributed by atoms with Gasteiger partial charge in [0.25, 0.3) is 5.91 Å². The van der Waals surface area contributed by atoms with E-state index in [-0.39, 0.29) is 11.8 Å². The molecule has 0 aliphatic carbocycles. The monoisotopic (exact) mass is 391 g/mol. The summed E-state index contributed by atoms with van der Waals surface area (Å²) in [5.41, 5.74) is 10.6. The zero-order valence-corrected chi connectivity index (χ0v) is 17.2. The van der Waals surface area contributed by atoms with Crippen molar-refractivity contribution >= 4 is 17.5 Å². The van der Waals surface area contributed by atoms with Crippen LogP contribution in [-0.2, 0) is 11.2 Å². The van der Waals surface area contributed by atoms with Crippen molar-refractivity contribution in [1.82, 2.24) is 4.90 Å². The van der Waals surface area contributed by atoms with Gasteiger partial charge in [-0.2, -0.15) is 0 Å². The Morgan fingerprint density at radius 1 is 0.966 bits per heavy atom. The summed E-state index contributed by atoms with van der Waals surface area (Å²) in [7, 11) is 0. The molecule has 0 aromatic heterocycles. The lowest BCUT2D eigenvalue weighted by Crippen LogP contribution is -2.34. The van der Waals surface area contributed by atoms with Crippen molar-refractivity contribution in [3.63, 3.8) is 0 Å². The average molecular weight is 392 g/mol. The van der Waals surface area contributed by atoms with Crippen LogP contribution in [0.3, 0.4) is 0 Å². The summed E-state index contributed by atoms with van der Waals surface area (Å²) in [5.74, 6) is 0.935. The summed E-state index contributed by atoms with van der Waals surface area (Å²) >= 11 is 0. The van der Waals surface area contributed by atoms with E-state index in [1.54, 1.807) is 0 Å². The summed E-state index contributed by atoms with van der Waals surface area (Å²) in [4.78, 5) is 28.6. The van der Waals surface area contributed by atoms with Crippen LogP contribution in [0.1, 0.15) is 33.5 Å². The van der Waals surface area contributed by atoms with Gasteiger partial charge in [0.05, 0.1) is 0 Å². The van der Waals surface area contributed by atoms with E-state index in [0.717, 1.165) is 48.4 Å². The summed E-state index contributed by atoms with van der Waals surface area (Å²) < 4.78 is 0. The van der Waals surface area contributed by atoms with Gasteiger partial charge >= 0.3 is 0 Å². The van der Waals surface area contributed by atoms with Crippen LogP contribution in [-0.4, -0.2) is 42.9 Å². The van der Waals surface area contributed by atoms with Crippen molar-refractivity contribution in [2.75, 3.05) is 31.1 Å². The first-order valence-electron chi connectivity index (χ1n) is 10.4. The molecule has 152 valence electrons. The van der Waals surface area contributed by atoms with Gasteiger partial charge in [-0.3, -0.25) is 9.59 Å². The minimum absolute atomic E-state index is 0.176. The molecule has 2 fully saturated rings. The van der Waals surface area contributed by atoms with Gasteiger partial charge in [0, 0.05) is 55.7 Å². The highest BCUT2D eigenvalue weighted by molar-refractivity contribution is 5.97. The maximum atomic E-state index is 13.1. The molecule has 29 heavy (non-hydrogen) atoms. The fourth-order valence-corrected chi connectivity index (χ4v) is 4.86. The number of carbonyl (C=O) groups is 2. The number of hydrogen-bond donors (Lipinski definition) is 1. The average Bonchev–Trinajstić information content (AvgIpc) is 3.25. The van der Waals surface area contributed by atoms with E-state index in [0.29, 0.717) is 24.7 Å². The quantitative estimate of drug-likeness (QED) is 0.852. The van der Waals surface area contributed by atoms with E-state index >= 15 is 0 Å². The largest absolute Gasteiger partial charge is 0.371 e. The molecular formula is C24H29N3O2. The van der Waals surface area contributed by atoms with Gasteiger partial charge in [0.2, 0.25) is 5.91 Å². The van der Waals surface area contributed by atoms with E-state index in [9.17, 15) is 9.59 Å². The lowest BCUT2D eigenvalue weighted by atomic mass is 10.0. The molecule has 2 unspecified atom stereocenters. The molecule has 2 aliphatic heterocycles. The molecule has 0 bridgehead atoms. The van der Waals surface area contributed by atoms with Gasteiger partial charge in [0.1, 0.15) is 0 Å². The van der Waals surface area contributed by atoms with Crippen LogP contribution in [0.2, 0.25) is 0 Å². The first-order chi connectivity index (χ1) is 13.9. The third-order valence-electron chi connectivity index (χ3n) is 6.40. The fourth-order valence-electron chi connectivity index (χ4n) is 4.86. The number of amides is 2. The van der Waals surface area contributed by atoms with Crippen LogP contribution in [0, 0.1) is 25.7 Å². The Kier molecular flexibility index (Phi) is 5.31. The molecule has 0 saturated carbocycles. The number of nitrogens with two attached hydrogens (primary N) is 1. The van der Waals surface area contributed by atoms with E-state index in [1.165, 1.54) is 5.69 Å². The fraction of sp³-hybridized carbons (Fsp3) is 0.417. The molecule has 0 radical (unpaired) electrons. The molecule has 4 rings (SSSR count). The Labute approximate surface area is 172 Å². The standard InChI is InChI=1S/C24H29N3O2/c1-16-5-3-6-17(2)23(16)24(29)27-14-19-12-26(13-20(19)15-27)21-8-4-7-18(11-21)9-10-22(25)28/h3-8,11,19-20H,9-10,12-15H2,1-2H3,(H2,25,28). The maximum Gasteiger partial charge on any atom is 0.254 e. The molecule has 2 atom stereocenters. The minimum atomic E-state index is -0.264. The molecule has 2 aromatic rings. The number of primary amides is 1. The summed E-state index contributed by atoms with van der Waals surface area (Å²) in [6, 6.07) is 14.5. The third-order valence-corrected chi connectivity index (χ3v) is 6.40. The molecule has 2 amide bonds. The first-order valence-corrected chi connectivity index (χ1v) is 10.4. The van der Waals surface area contributed by atoms with Gasteiger partial charge in [-0.25, -0.2) is 0 Å². The zero-order chi connectivity index (χ0) is 20.5. The maximum absolute atomic E-state index is 13.1. The van der Waals surface area contributed by atoms with E-state index < -0.39 is 0 Å². The van der Waals surface area contributed by atoms with Gasteiger partial charge in [0.15, 0.2) is 0 Å². The van der Waals surface area contributed by atoms with Crippen molar-refractivity contribution in [3.8, 4) is 0 Å². The van der Waals surface area contributed by atoms with Gasteiger partial charge in [-0.05, 0) is 49.1 Å². The number of carbonyl (C=O) groups excluding carboxylic acids is 2. The Morgan fingerprint density at radius 2 is 1.59 bits per heavy atom. The summed E-state index contributed by atoms with van der Waals surface area (Å²) in [6.45, 7) is 7.64. The number of likely N-dealkylation sites (tertiary alicyclic amines) is 1. The first kappa shape index (κ1) is 19.5.